The Morgan fingerprint density at radius 3 is 1.43 bits per heavy atom. The largest absolute Gasteiger partial charge is 0.480 e. The minimum absolute atomic E-state index is 0.166. The number of rotatable bonds is 7. The molecule has 0 saturated carbocycles. The normalized spacial score (nSPS) is 10.9. The molecule has 0 aliphatic heterocycles. The van der Waals surface area contributed by atoms with Gasteiger partial charge in [-0.05, 0) is 0 Å². The van der Waals surface area contributed by atoms with Gasteiger partial charge in [-0.3, -0.25) is 19.4 Å². The van der Waals surface area contributed by atoms with Gasteiger partial charge in [-0.25, -0.2) is 0 Å². The van der Waals surface area contributed by atoms with Crippen molar-refractivity contribution in [1.29, 1.82) is 0 Å². The van der Waals surface area contributed by atoms with Crippen LogP contribution in [0.5, 0.6) is 0 Å². The van der Waals surface area contributed by atoms with E-state index in [9.17, 15) is 9.59 Å². The third-order valence-corrected chi connectivity index (χ3v) is 1.45. The Morgan fingerprint density at radius 1 is 0.929 bits per heavy atom. The maximum absolute atomic E-state index is 10.2. The summed E-state index contributed by atoms with van der Waals surface area (Å²) >= 11 is 0. The van der Waals surface area contributed by atoms with E-state index in [2.05, 4.69) is 14.1 Å². The predicted octanol–water partition coefficient (Wildman–Crippen LogP) is -0.657. The van der Waals surface area contributed by atoms with Crippen molar-refractivity contribution in [2.75, 3.05) is 26.2 Å². The van der Waals surface area contributed by atoms with Gasteiger partial charge in [0.05, 0.1) is 13.1 Å². The van der Waals surface area contributed by atoms with Crippen LogP contribution in [0.15, 0.2) is 0 Å². The van der Waals surface area contributed by atoms with Gasteiger partial charge in [0, 0.05) is 27.2 Å². The van der Waals surface area contributed by atoms with Gasteiger partial charge in [-0.1, -0.05) is 0 Å². The molecule has 6 heteroatoms. The monoisotopic (exact) mass is 202 g/mol. The lowest BCUT2D eigenvalue weighted by atomic mass is 10.4. The zero-order chi connectivity index (χ0) is 11.1. The molecule has 0 saturated heterocycles. The third kappa shape index (κ3) is 7.51. The first-order valence-electron chi connectivity index (χ1n) is 3.96. The van der Waals surface area contributed by atoms with E-state index in [4.69, 9.17) is 10.2 Å². The molecular weight excluding hydrogens is 188 g/mol. The molecule has 14 heavy (non-hydrogen) atoms. The molecule has 0 fully saturated rings. The summed E-state index contributed by atoms with van der Waals surface area (Å²) < 4.78 is 0. The molecule has 0 rings (SSSR count). The Kier molecular flexibility index (Phi) is 5.82. The summed E-state index contributed by atoms with van der Waals surface area (Å²) in [5, 5.41) is 16.8. The van der Waals surface area contributed by atoms with Crippen LogP contribution in [0.1, 0.15) is 0 Å². The number of hydrogen-bond acceptors (Lipinski definition) is 4. The summed E-state index contributed by atoms with van der Waals surface area (Å²) in [4.78, 5) is 23.1. The van der Waals surface area contributed by atoms with Crippen LogP contribution < -0.4 is 0 Å². The van der Waals surface area contributed by atoms with Gasteiger partial charge in [0.25, 0.3) is 0 Å². The molecule has 0 amide bonds. The Labute approximate surface area is 82.7 Å². The first kappa shape index (κ1) is 12.9. The molecule has 0 bridgehead atoms. The van der Waals surface area contributed by atoms with E-state index >= 15 is 0 Å². The van der Waals surface area contributed by atoms with Crippen molar-refractivity contribution in [1.82, 2.24) is 9.80 Å². The highest BCUT2D eigenvalue weighted by molar-refractivity contribution is 5.69. The molecule has 0 spiro atoms. The molecule has 0 unspecified atom stereocenters. The molecule has 6 nitrogen and oxygen atoms in total. The molecule has 0 heterocycles. The number of carboxylic acids is 2. The summed E-state index contributed by atoms with van der Waals surface area (Å²) in [6.07, 6.45) is 0. The maximum Gasteiger partial charge on any atom is 0.317 e. The van der Waals surface area contributed by atoms with E-state index < -0.39 is 11.9 Å². The second kappa shape index (κ2) is 6.33. The van der Waals surface area contributed by atoms with Crippen molar-refractivity contribution in [3.05, 3.63) is 14.1 Å². The van der Waals surface area contributed by atoms with Crippen molar-refractivity contribution >= 4 is 11.9 Å². The maximum atomic E-state index is 10.2. The second-order valence-electron chi connectivity index (χ2n) is 2.89. The molecule has 2 N–H and O–H groups in total. The standard InChI is InChI=1S/C8H14N2O4/c1-9(5-7(11)12)3-4-10(2)6-8(13)14/h1-6H2,(H,11,12)(H,13,14). The van der Waals surface area contributed by atoms with Gasteiger partial charge < -0.3 is 10.2 Å². The summed E-state index contributed by atoms with van der Waals surface area (Å²) in [5.41, 5.74) is 0. The van der Waals surface area contributed by atoms with Crippen LogP contribution in [0, 0.1) is 14.1 Å². The fourth-order valence-electron chi connectivity index (χ4n) is 0.824. The Bertz CT molecular complexity index is 186. The van der Waals surface area contributed by atoms with Crippen molar-refractivity contribution in [3.8, 4) is 0 Å². The van der Waals surface area contributed by atoms with Crippen LogP contribution in [0.3, 0.4) is 0 Å². The summed E-state index contributed by atoms with van der Waals surface area (Å²) in [7, 11) is 6.96. The Hall–Kier alpha value is -1.14. The minimum atomic E-state index is -0.964. The average molecular weight is 202 g/mol. The Morgan fingerprint density at radius 2 is 1.21 bits per heavy atom. The van der Waals surface area contributed by atoms with E-state index in [1.165, 1.54) is 9.80 Å². The summed E-state index contributed by atoms with van der Waals surface area (Å²) in [6.45, 7) is 0.397. The van der Waals surface area contributed by atoms with Crippen LogP contribution in [0.2, 0.25) is 0 Å². The molecule has 80 valence electrons. The number of nitrogens with zero attached hydrogens (tertiary/aromatic N) is 2. The van der Waals surface area contributed by atoms with Crippen molar-refractivity contribution < 1.29 is 19.8 Å². The molecule has 0 aliphatic carbocycles. The lowest BCUT2D eigenvalue weighted by Gasteiger charge is -2.18. The molecule has 0 aromatic heterocycles. The van der Waals surface area contributed by atoms with Gasteiger partial charge in [0.2, 0.25) is 0 Å². The lowest BCUT2D eigenvalue weighted by Crippen LogP contribution is -2.34. The third-order valence-electron chi connectivity index (χ3n) is 1.45. The topological polar surface area (TPSA) is 81.1 Å². The highest BCUT2D eigenvalue weighted by Gasteiger charge is 2.07. The van der Waals surface area contributed by atoms with Crippen LogP contribution in [0.4, 0.5) is 0 Å². The van der Waals surface area contributed by atoms with E-state index in [1.54, 1.807) is 0 Å². The highest BCUT2D eigenvalue weighted by atomic mass is 16.4. The molecular formula is C8H14N2O4. The Balaban J connectivity index is 3.60. The highest BCUT2D eigenvalue weighted by Crippen LogP contribution is 1.89. The van der Waals surface area contributed by atoms with Crippen molar-refractivity contribution in [3.63, 3.8) is 0 Å². The quantitative estimate of drug-likeness (QED) is 0.570. The van der Waals surface area contributed by atoms with Crippen molar-refractivity contribution in [2.45, 2.75) is 0 Å². The molecule has 0 aromatic carbocycles. The number of carboxylic acid groups (broad SMARTS) is 2. The zero-order valence-corrected chi connectivity index (χ0v) is 7.85. The van der Waals surface area contributed by atoms with Gasteiger partial charge in [-0.15, -0.1) is 0 Å². The molecule has 0 atom stereocenters. The van der Waals surface area contributed by atoms with E-state index in [1.807, 2.05) is 0 Å². The molecule has 0 aromatic rings. The number of hydrogen-bond donors (Lipinski definition) is 2. The summed E-state index contributed by atoms with van der Waals surface area (Å²) in [6, 6.07) is 0. The molecule has 0 aliphatic rings. The summed E-state index contributed by atoms with van der Waals surface area (Å²) in [5.74, 6) is -1.93. The fourth-order valence-corrected chi connectivity index (χ4v) is 0.824. The smallest absolute Gasteiger partial charge is 0.317 e. The second-order valence-corrected chi connectivity index (χ2v) is 2.89. The number of carbonyl (C=O) groups is 2. The minimum Gasteiger partial charge on any atom is -0.480 e. The first-order valence-corrected chi connectivity index (χ1v) is 3.96. The van der Waals surface area contributed by atoms with Crippen molar-refractivity contribution in [2.24, 2.45) is 0 Å². The van der Waals surface area contributed by atoms with Gasteiger partial charge >= 0.3 is 11.9 Å². The van der Waals surface area contributed by atoms with Crippen LogP contribution in [-0.4, -0.2) is 58.1 Å². The van der Waals surface area contributed by atoms with Gasteiger partial charge in [0.15, 0.2) is 0 Å². The molecule has 2 radical (unpaired) electrons. The van der Waals surface area contributed by atoms with E-state index in [-0.39, 0.29) is 13.1 Å². The van der Waals surface area contributed by atoms with Gasteiger partial charge in [0.1, 0.15) is 0 Å². The average Bonchev–Trinajstić information content (AvgIpc) is 1.98. The zero-order valence-electron chi connectivity index (χ0n) is 7.85. The van der Waals surface area contributed by atoms with Crippen LogP contribution >= 0.6 is 0 Å². The van der Waals surface area contributed by atoms with Crippen LogP contribution in [-0.2, 0) is 9.59 Å². The van der Waals surface area contributed by atoms with E-state index in [0.717, 1.165) is 0 Å². The van der Waals surface area contributed by atoms with Crippen LogP contribution in [0.25, 0.3) is 0 Å². The fraction of sp³-hybridized carbons (Fsp3) is 0.500. The number of aliphatic carboxylic acids is 2. The lowest BCUT2D eigenvalue weighted by molar-refractivity contribution is -0.139. The van der Waals surface area contributed by atoms with Gasteiger partial charge in [-0.2, -0.15) is 0 Å². The van der Waals surface area contributed by atoms with E-state index in [0.29, 0.717) is 13.1 Å². The first-order chi connectivity index (χ1) is 6.41. The predicted molar refractivity (Wildman–Crippen MR) is 49.1 cm³/mol. The SMILES string of the molecule is [CH2]N(CCN([CH2])CC(=O)O)CC(=O)O.